The number of carbonyl (C=O) groups is 2. The summed E-state index contributed by atoms with van der Waals surface area (Å²) in [7, 11) is 0. The third-order valence-electron chi connectivity index (χ3n) is 2.44. The van der Waals surface area contributed by atoms with Crippen LogP contribution in [-0.2, 0) is 30.4 Å². The first kappa shape index (κ1) is 17.2. The fourth-order valence-corrected chi connectivity index (χ4v) is 1.61. The fourth-order valence-electron chi connectivity index (χ4n) is 1.61. The topological polar surface area (TPSA) is 61.8 Å². The highest BCUT2D eigenvalue weighted by molar-refractivity contribution is 5.78. The Morgan fingerprint density at radius 3 is 2.29 bits per heavy atom. The average Bonchev–Trinajstić information content (AvgIpc) is 2.41. The van der Waals surface area contributed by atoms with Crippen molar-refractivity contribution in [3.05, 3.63) is 35.9 Å². The molecule has 1 aromatic rings. The van der Waals surface area contributed by atoms with Crippen LogP contribution in [0.4, 0.5) is 0 Å². The molecule has 0 fully saturated rings. The van der Waals surface area contributed by atoms with Crippen molar-refractivity contribution in [3.8, 4) is 0 Å². The zero-order valence-electron chi connectivity index (χ0n) is 12.9. The van der Waals surface area contributed by atoms with Gasteiger partial charge in [-0.15, -0.1) is 0 Å². The highest BCUT2D eigenvalue weighted by Gasteiger charge is 2.23. The molecule has 0 aliphatic heterocycles. The van der Waals surface area contributed by atoms with E-state index in [0.717, 1.165) is 5.56 Å². The molecule has 0 spiro atoms. The summed E-state index contributed by atoms with van der Waals surface area (Å²) in [5.74, 6) is -1.17. The molecule has 0 heterocycles. The van der Waals surface area contributed by atoms with Gasteiger partial charge in [0.2, 0.25) is 0 Å². The van der Waals surface area contributed by atoms with Crippen molar-refractivity contribution >= 4 is 11.9 Å². The molecule has 0 saturated carbocycles. The second-order valence-corrected chi connectivity index (χ2v) is 5.63. The minimum Gasteiger partial charge on any atom is -0.458 e. The highest BCUT2D eigenvalue weighted by atomic mass is 16.6. The molecule has 0 radical (unpaired) electrons. The Labute approximate surface area is 125 Å². The summed E-state index contributed by atoms with van der Waals surface area (Å²) >= 11 is 0. The molecule has 116 valence electrons. The maximum atomic E-state index is 11.6. The zero-order valence-corrected chi connectivity index (χ0v) is 12.9. The lowest BCUT2D eigenvalue weighted by atomic mass is 10.2. The molecule has 1 aromatic carbocycles. The van der Waals surface area contributed by atoms with Crippen LogP contribution < -0.4 is 0 Å². The molecule has 0 aromatic heterocycles. The lowest BCUT2D eigenvalue weighted by Gasteiger charge is -2.23. The molecule has 0 aliphatic rings. The predicted octanol–water partition coefficient (Wildman–Crippen LogP) is 2.48. The van der Waals surface area contributed by atoms with E-state index in [4.69, 9.17) is 14.2 Å². The summed E-state index contributed by atoms with van der Waals surface area (Å²) in [5, 5.41) is 0. The molecule has 0 bridgehead atoms. The van der Waals surface area contributed by atoms with Crippen LogP contribution in [0.2, 0.25) is 0 Å². The molecule has 0 amide bonds. The molecule has 1 rings (SSSR count). The molecule has 0 saturated heterocycles. The largest absolute Gasteiger partial charge is 0.458 e. The quantitative estimate of drug-likeness (QED) is 0.754. The maximum absolute atomic E-state index is 11.6. The Morgan fingerprint density at radius 2 is 1.71 bits per heavy atom. The van der Waals surface area contributed by atoms with E-state index in [1.807, 2.05) is 51.1 Å². The molecule has 5 nitrogen and oxygen atoms in total. The molecule has 5 heteroatoms. The first-order valence-corrected chi connectivity index (χ1v) is 6.82. The summed E-state index contributed by atoms with van der Waals surface area (Å²) in [6, 6.07) is 9.28. The summed E-state index contributed by atoms with van der Waals surface area (Å²) in [5.41, 5.74) is 0.424. The Balaban J connectivity index is 2.28. The molecule has 0 N–H and O–H groups in total. The third-order valence-corrected chi connectivity index (χ3v) is 2.44. The molecule has 21 heavy (non-hydrogen) atoms. The van der Waals surface area contributed by atoms with Crippen LogP contribution in [0.1, 0.15) is 33.3 Å². The van der Waals surface area contributed by atoms with Gasteiger partial charge in [0.05, 0.1) is 5.60 Å². The van der Waals surface area contributed by atoms with Gasteiger partial charge in [-0.2, -0.15) is 0 Å². The molecular weight excluding hydrogens is 272 g/mol. The summed E-state index contributed by atoms with van der Waals surface area (Å²) in [4.78, 5) is 23.1. The molecular formula is C16H22O5. The van der Waals surface area contributed by atoms with Gasteiger partial charge < -0.3 is 14.2 Å². The monoisotopic (exact) mass is 294 g/mol. The van der Waals surface area contributed by atoms with E-state index in [9.17, 15) is 9.59 Å². The standard InChI is InChI=1S/C16H22O5/c1-12(21-16(2,3)4)15(18)20-11-14(17)19-10-13-8-6-5-7-9-13/h5-9,12H,10-11H2,1-4H3. The second kappa shape index (κ2) is 7.78. The van der Waals surface area contributed by atoms with E-state index in [0.29, 0.717) is 0 Å². The van der Waals surface area contributed by atoms with Crippen molar-refractivity contribution in [2.45, 2.75) is 46.0 Å². The Bertz CT molecular complexity index is 461. The van der Waals surface area contributed by atoms with Crippen molar-refractivity contribution in [2.75, 3.05) is 6.61 Å². The van der Waals surface area contributed by atoms with Crippen molar-refractivity contribution in [1.29, 1.82) is 0 Å². The van der Waals surface area contributed by atoms with E-state index in [1.54, 1.807) is 6.92 Å². The number of esters is 2. The number of rotatable bonds is 6. The van der Waals surface area contributed by atoms with E-state index in [2.05, 4.69) is 0 Å². The number of carbonyl (C=O) groups excluding carboxylic acids is 2. The highest BCUT2D eigenvalue weighted by Crippen LogP contribution is 2.11. The number of hydrogen-bond acceptors (Lipinski definition) is 5. The molecule has 0 aliphatic carbocycles. The smallest absolute Gasteiger partial charge is 0.344 e. The van der Waals surface area contributed by atoms with E-state index >= 15 is 0 Å². The van der Waals surface area contributed by atoms with Gasteiger partial charge >= 0.3 is 11.9 Å². The van der Waals surface area contributed by atoms with Gasteiger partial charge in [0.15, 0.2) is 12.7 Å². The number of benzene rings is 1. The maximum Gasteiger partial charge on any atom is 0.344 e. The average molecular weight is 294 g/mol. The second-order valence-electron chi connectivity index (χ2n) is 5.63. The van der Waals surface area contributed by atoms with Crippen LogP contribution in [0.5, 0.6) is 0 Å². The van der Waals surface area contributed by atoms with Crippen LogP contribution in [0.3, 0.4) is 0 Å². The minimum absolute atomic E-state index is 0.158. The van der Waals surface area contributed by atoms with Gasteiger partial charge in [0.1, 0.15) is 6.61 Å². The van der Waals surface area contributed by atoms with E-state index in [1.165, 1.54) is 0 Å². The van der Waals surface area contributed by atoms with Crippen molar-refractivity contribution in [2.24, 2.45) is 0 Å². The Morgan fingerprint density at radius 1 is 1.10 bits per heavy atom. The Kier molecular flexibility index (Phi) is 6.37. The normalized spacial score (nSPS) is 12.6. The number of hydrogen-bond donors (Lipinski definition) is 0. The summed E-state index contributed by atoms with van der Waals surface area (Å²) in [6.07, 6.45) is -0.730. The van der Waals surface area contributed by atoms with Crippen molar-refractivity contribution < 1.29 is 23.8 Å². The molecule has 1 unspecified atom stereocenters. The van der Waals surface area contributed by atoms with Gasteiger partial charge in [-0.1, -0.05) is 30.3 Å². The first-order valence-electron chi connectivity index (χ1n) is 6.82. The van der Waals surface area contributed by atoms with Gasteiger partial charge in [-0.05, 0) is 33.3 Å². The summed E-state index contributed by atoms with van der Waals surface area (Å²) < 4.78 is 15.3. The van der Waals surface area contributed by atoms with Gasteiger partial charge in [-0.25, -0.2) is 9.59 Å². The fraction of sp³-hybridized carbons (Fsp3) is 0.500. The Hall–Kier alpha value is -1.88. The SMILES string of the molecule is CC(OC(C)(C)C)C(=O)OCC(=O)OCc1ccccc1. The lowest BCUT2D eigenvalue weighted by Crippen LogP contribution is -2.33. The minimum atomic E-state index is -0.730. The first-order chi connectivity index (χ1) is 9.78. The van der Waals surface area contributed by atoms with Crippen LogP contribution in [0, 0.1) is 0 Å². The van der Waals surface area contributed by atoms with Crippen molar-refractivity contribution in [1.82, 2.24) is 0 Å². The third kappa shape index (κ3) is 7.46. The number of ether oxygens (including phenoxy) is 3. The zero-order chi connectivity index (χ0) is 15.9. The van der Waals surface area contributed by atoms with Crippen LogP contribution in [0.25, 0.3) is 0 Å². The summed E-state index contributed by atoms with van der Waals surface area (Å²) in [6.45, 7) is 6.85. The van der Waals surface area contributed by atoms with Crippen LogP contribution in [0.15, 0.2) is 30.3 Å². The van der Waals surface area contributed by atoms with Crippen molar-refractivity contribution in [3.63, 3.8) is 0 Å². The van der Waals surface area contributed by atoms with E-state index in [-0.39, 0.29) is 6.61 Å². The predicted molar refractivity (Wildman–Crippen MR) is 77.5 cm³/mol. The van der Waals surface area contributed by atoms with Crippen LogP contribution in [-0.4, -0.2) is 30.3 Å². The van der Waals surface area contributed by atoms with Gasteiger partial charge in [0, 0.05) is 0 Å². The molecule has 1 atom stereocenters. The van der Waals surface area contributed by atoms with Crippen LogP contribution >= 0.6 is 0 Å². The van der Waals surface area contributed by atoms with E-state index < -0.39 is 30.3 Å². The van der Waals surface area contributed by atoms with Gasteiger partial charge in [-0.3, -0.25) is 0 Å². The van der Waals surface area contributed by atoms with Gasteiger partial charge in [0.25, 0.3) is 0 Å². The lowest BCUT2D eigenvalue weighted by molar-refractivity contribution is -0.171.